The molecule has 1 rings (SSSR count). The summed E-state index contributed by atoms with van der Waals surface area (Å²) in [5.74, 6) is 5.89. The number of thiophene rings is 1. The number of carbonyl (C=O) groups excluding carboxylic acids is 1. The van der Waals surface area contributed by atoms with Crippen molar-refractivity contribution in [2.75, 3.05) is 0 Å². The van der Waals surface area contributed by atoms with Gasteiger partial charge in [-0.1, -0.05) is 25.2 Å². The van der Waals surface area contributed by atoms with Crippen LogP contribution >= 0.6 is 11.3 Å². The van der Waals surface area contributed by atoms with Crippen LogP contribution < -0.4 is 0 Å². The minimum absolute atomic E-state index is 0.338. The van der Waals surface area contributed by atoms with Crippen molar-refractivity contribution in [3.63, 3.8) is 0 Å². The second kappa shape index (κ2) is 6.39. The predicted octanol–water partition coefficient (Wildman–Crippen LogP) is 3.03. The average Bonchev–Trinajstić information content (AvgIpc) is 2.63. The summed E-state index contributed by atoms with van der Waals surface area (Å²) in [7, 11) is 0. The first-order valence-corrected chi connectivity index (χ1v) is 5.75. The van der Waals surface area contributed by atoms with Crippen LogP contribution in [0.1, 0.15) is 36.6 Å². The lowest BCUT2D eigenvalue weighted by Crippen LogP contribution is -1.84. The van der Waals surface area contributed by atoms with E-state index in [1.165, 1.54) is 18.4 Å². The molecule has 74 valence electrons. The summed E-state index contributed by atoms with van der Waals surface area (Å²) >= 11 is 1.66. The smallest absolute Gasteiger partial charge is 0.131 e. The van der Waals surface area contributed by atoms with E-state index in [0.717, 1.165) is 17.6 Å². The quantitative estimate of drug-likeness (QED) is 0.546. The zero-order valence-electron chi connectivity index (χ0n) is 8.38. The summed E-state index contributed by atoms with van der Waals surface area (Å²) in [6.45, 7) is 2.18. The number of hydrogen-bond donors (Lipinski definition) is 0. The number of unbranched alkanes of at least 4 members (excludes halogenated alkanes) is 1. The first-order valence-electron chi connectivity index (χ1n) is 4.87. The minimum atomic E-state index is 0.338. The monoisotopic (exact) mass is 206 g/mol. The third kappa shape index (κ3) is 3.35. The molecule has 0 atom stereocenters. The van der Waals surface area contributed by atoms with E-state index in [4.69, 9.17) is 0 Å². The van der Waals surface area contributed by atoms with Crippen LogP contribution in [-0.2, 0) is 11.2 Å². The molecule has 0 saturated heterocycles. The highest BCUT2D eigenvalue weighted by molar-refractivity contribution is 7.10. The van der Waals surface area contributed by atoms with Crippen LogP contribution in [0.15, 0.2) is 11.4 Å². The van der Waals surface area contributed by atoms with E-state index in [-0.39, 0.29) is 0 Å². The Balaban J connectivity index is 2.63. The zero-order chi connectivity index (χ0) is 10.2. The number of aldehydes is 1. The lowest BCUT2D eigenvalue weighted by Gasteiger charge is -1.95. The molecule has 0 bridgehead atoms. The van der Waals surface area contributed by atoms with Crippen LogP contribution in [0.5, 0.6) is 0 Å². The van der Waals surface area contributed by atoms with Gasteiger partial charge in [-0.2, -0.15) is 0 Å². The van der Waals surface area contributed by atoms with Crippen LogP contribution in [0.2, 0.25) is 0 Å². The van der Waals surface area contributed by atoms with Gasteiger partial charge in [0.25, 0.3) is 0 Å². The molecule has 14 heavy (non-hydrogen) atoms. The minimum Gasteiger partial charge on any atom is -0.302 e. The van der Waals surface area contributed by atoms with E-state index in [0.29, 0.717) is 6.42 Å². The molecule has 1 aromatic rings. The van der Waals surface area contributed by atoms with Gasteiger partial charge in [0.2, 0.25) is 0 Å². The van der Waals surface area contributed by atoms with Gasteiger partial charge < -0.3 is 4.79 Å². The van der Waals surface area contributed by atoms with Gasteiger partial charge in [0.15, 0.2) is 0 Å². The maximum atomic E-state index is 10.1. The second-order valence-corrected chi connectivity index (χ2v) is 3.97. The van der Waals surface area contributed by atoms with Gasteiger partial charge in [0.1, 0.15) is 6.29 Å². The average molecular weight is 206 g/mol. The number of rotatable bonds is 4. The fraction of sp³-hybridized carbons (Fsp3) is 0.417. The fourth-order valence-corrected chi connectivity index (χ4v) is 2.00. The van der Waals surface area contributed by atoms with Crippen LogP contribution in [0.4, 0.5) is 0 Å². The Labute approximate surface area is 89.2 Å². The van der Waals surface area contributed by atoms with Crippen molar-refractivity contribution < 1.29 is 4.79 Å². The lowest BCUT2D eigenvalue weighted by atomic mass is 10.1. The van der Waals surface area contributed by atoms with Crippen molar-refractivity contribution in [2.24, 2.45) is 0 Å². The summed E-state index contributed by atoms with van der Waals surface area (Å²) in [6.07, 6.45) is 4.69. The Kier molecular flexibility index (Phi) is 5.03. The molecule has 0 saturated carbocycles. The van der Waals surface area contributed by atoms with E-state index < -0.39 is 0 Å². The van der Waals surface area contributed by atoms with E-state index in [1.54, 1.807) is 11.3 Å². The first kappa shape index (κ1) is 11.0. The highest BCUT2D eigenvalue weighted by atomic mass is 32.1. The van der Waals surface area contributed by atoms with Crippen LogP contribution in [0.3, 0.4) is 0 Å². The molecule has 0 aliphatic carbocycles. The van der Waals surface area contributed by atoms with Crippen LogP contribution in [-0.4, -0.2) is 6.29 Å². The Morgan fingerprint density at radius 1 is 1.57 bits per heavy atom. The molecule has 0 fully saturated rings. The van der Waals surface area contributed by atoms with Crippen molar-refractivity contribution in [3.8, 4) is 11.8 Å². The molecule has 0 unspecified atom stereocenters. The summed E-state index contributed by atoms with van der Waals surface area (Å²) in [5.41, 5.74) is 1.33. The molecule has 0 aliphatic heterocycles. The first-order chi connectivity index (χ1) is 6.88. The van der Waals surface area contributed by atoms with Crippen molar-refractivity contribution >= 4 is 17.6 Å². The third-order valence-corrected chi connectivity index (χ3v) is 2.81. The van der Waals surface area contributed by atoms with Crippen molar-refractivity contribution in [1.29, 1.82) is 0 Å². The maximum absolute atomic E-state index is 10.1. The molecular formula is C12H14OS. The molecule has 1 heterocycles. The SMILES string of the molecule is CCCCc1ccsc1C#CCC=O. The highest BCUT2D eigenvalue weighted by Gasteiger charge is 1.99. The van der Waals surface area contributed by atoms with Gasteiger partial charge in [0, 0.05) is 0 Å². The molecule has 0 amide bonds. The topological polar surface area (TPSA) is 17.1 Å². The molecule has 0 spiro atoms. The Bertz CT molecular complexity index is 341. The third-order valence-electron chi connectivity index (χ3n) is 1.93. The summed E-state index contributed by atoms with van der Waals surface area (Å²) < 4.78 is 0. The summed E-state index contributed by atoms with van der Waals surface area (Å²) in [5, 5.41) is 2.07. The largest absolute Gasteiger partial charge is 0.302 e. The molecule has 0 radical (unpaired) electrons. The number of carbonyl (C=O) groups is 1. The van der Waals surface area contributed by atoms with Gasteiger partial charge in [-0.3, -0.25) is 0 Å². The van der Waals surface area contributed by atoms with Gasteiger partial charge in [0.05, 0.1) is 11.3 Å². The van der Waals surface area contributed by atoms with Gasteiger partial charge in [-0.05, 0) is 29.9 Å². The van der Waals surface area contributed by atoms with E-state index in [2.05, 4.69) is 30.2 Å². The predicted molar refractivity (Wildman–Crippen MR) is 60.5 cm³/mol. The molecule has 0 N–H and O–H groups in total. The van der Waals surface area contributed by atoms with E-state index in [9.17, 15) is 4.79 Å². The molecular weight excluding hydrogens is 192 g/mol. The number of hydrogen-bond acceptors (Lipinski definition) is 2. The van der Waals surface area contributed by atoms with Crippen molar-refractivity contribution in [3.05, 3.63) is 21.9 Å². The van der Waals surface area contributed by atoms with Crippen molar-refractivity contribution in [2.45, 2.75) is 32.6 Å². The van der Waals surface area contributed by atoms with Gasteiger partial charge in [-0.25, -0.2) is 0 Å². The normalized spacial score (nSPS) is 9.21. The Morgan fingerprint density at radius 3 is 3.14 bits per heavy atom. The number of aryl methyl sites for hydroxylation is 1. The molecule has 2 heteroatoms. The van der Waals surface area contributed by atoms with Gasteiger partial charge >= 0.3 is 0 Å². The molecule has 0 aromatic carbocycles. The standard InChI is InChI=1S/C12H14OS/c1-2-3-6-11-8-10-14-12(11)7-4-5-9-13/h8-10H,2-3,5-6H2,1H3. The van der Waals surface area contributed by atoms with E-state index in [1.807, 2.05) is 0 Å². The zero-order valence-corrected chi connectivity index (χ0v) is 9.19. The Hall–Kier alpha value is -1.07. The second-order valence-electron chi connectivity index (χ2n) is 3.05. The van der Waals surface area contributed by atoms with Crippen molar-refractivity contribution in [1.82, 2.24) is 0 Å². The molecule has 0 aliphatic rings. The van der Waals surface area contributed by atoms with Crippen LogP contribution in [0.25, 0.3) is 0 Å². The van der Waals surface area contributed by atoms with E-state index >= 15 is 0 Å². The summed E-state index contributed by atoms with van der Waals surface area (Å²) in [6, 6.07) is 2.13. The fourth-order valence-electron chi connectivity index (χ4n) is 1.18. The lowest BCUT2D eigenvalue weighted by molar-refractivity contribution is -0.107. The summed E-state index contributed by atoms with van der Waals surface area (Å²) in [4.78, 5) is 11.2. The Morgan fingerprint density at radius 2 is 2.43 bits per heavy atom. The van der Waals surface area contributed by atoms with Gasteiger partial charge in [-0.15, -0.1) is 11.3 Å². The highest BCUT2D eigenvalue weighted by Crippen LogP contribution is 2.17. The van der Waals surface area contributed by atoms with Crippen LogP contribution in [0, 0.1) is 11.8 Å². The molecule has 1 aromatic heterocycles. The molecule has 1 nitrogen and oxygen atoms in total. The maximum Gasteiger partial charge on any atom is 0.131 e.